The van der Waals surface area contributed by atoms with E-state index in [1.165, 1.54) is 36.8 Å². The van der Waals surface area contributed by atoms with Crippen molar-refractivity contribution in [1.82, 2.24) is 9.55 Å². The number of hydrogen-bond acceptors (Lipinski definition) is 1. The molecule has 3 rings (SSSR count). The maximum absolute atomic E-state index is 6.12. The van der Waals surface area contributed by atoms with Gasteiger partial charge in [-0.15, -0.1) is 11.6 Å². The summed E-state index contributed by atoms with van der Waals surface area (Å²) in [5.41, 5.74) is 3.66. The van der Waals surface area contributed by atoms with Gasteiger partial charge in [-0.2, -0.15) is 0 Å². The van der Waals surface area contributed by atoms with Crippen LogP contribution in [0.3, 0.4) is 0 Å². The van der Waals surface area contributed by atoms with Gasteiger partial charge in [-0.05, 0) is 44.2 Å². The van der Waals surface area contributed by atoms with Gasteiger partial charge >= 0.3 is 0 Å². The van der Waals surface area contributed by atoms with Crippen LogP contribution in [0.15, 0.2) is 18.2 Å². The number of benzene rings is 1. The van der Waals surface area contributed by atoms with Gasteiger partial charge < -0.3 is 4.57 Å². The van der Waals surface area contributed by atoms with Crippen LogP contribution in [0.25, 0.3) is 11.0 Å². The van der Waals surface area contributed by atoms with Crippen LogP contribution in [-0.2, 0) is 5.88 Å². The maximum atomic E-state index is 6.12. The second-order valence-electron chi connectivity index (χ2n) is 5.76. The predicted octanol–water partition coefficient (Wildman–Crippen LogP) is 4.83. The van der Waals surface area contributed by atoms with Crippen LogP contribution in [0, 0.1) is 12.8 Å². The van der Waals surface area contributed by atoms with Crippen molar-refractivity contribution in [1.29, 1.82) is 0 Å². The molecular formula is C16H21ClN2. The number of halogens is 1. The number of rotatable bonds is 3. The van der Waals surface area contributed by atoms with Gasteiger partial charge in [0.2, 0.25) is 0 Å². The minimum atomic E-state index is 0.491. The molecule has 1 unspecified atom stereocenters. The zero-order valence-corrected chi connectivity index (χ0v) is 12.5. The second kappa shape index (κ2) is 5.16. The van der Waals surface area contributed by atoms with Gasteiger partial charge in [0.1, 0.15) is 5.82 Å². The lowest BCUT2D eigenvalue weighted by molar-refractivity contribution is 0.361. The first-order valence-electron chi connectivity index (χ1n) is 7.24. The predicted molar refractivity (Wildman–Crippen MR) is 80.7 cm³/mol. The Hall–Kier alpha value is -1.02. The quantitative estimate of drug-likeness (QED) is 0.734. The number of aryl methyl sites for hydroxylation is 1. The Morgan fingerprint density at radius 1 is 1.37 bits per heavy atom. The van der Waals surface area contributed by atoms with E-state index in [2.05, 4.69) is 36.6 Å². The highest BCUT2D eigenvalue weighted by Gasteiger charge is 2.26. The van der Waals surface area contributed by atoms with Crippen LogP contribution in [0.1, 0.15) is 50.0 Å². The molecule has 2 nitrogen and oxygen atoms in total. The molecule has 1 heterocycles. The molecule has 1 fully saturated rings. The molecule has 1 atom stereocenters. The van der Waals surface area contributed by atoms with Gasteiger partial charge in [-0.25, -0.2) is 4.98 Å². The Morgan fingerprint density at radius 3 is 2.79 bits per heavy atom. The van der Waals surface area contributed by atoms with Crippen molar-refractivity contribution >= 4 is 22.6 Å². The number of imidazole rings is 1. The van der Waals surface area contributed by atoms with Crippen molar-refractivity contribution in [3.63, 3.8) is 0 Å². The van der Waals surface area contributed by atoms with Crippen LogP contribution < -0.4 is 0 Å². The molecule has 0 N–H and O–H groups in total. The Labute approximate surface area is 119 Å². The summed E-state index contributed by atoms with van der Waals surface area (Å²) < 4.78 is 2.40. The Kier molecular flexibility index (Phi) is 3.53. The van der Waals surface area contributed by atoms with Crippen molar-refractivity contribution in [2.45, 2.75) is 51.5 Å². The first-order valence-corrected chi connectivity index (χ1v) is 7.78. The monoisotopic (exact) mass is 276 g/mol. The molecule has 1 aliphatic carbocycles. The summed E-state index contributed by atoms with van der Waals surface area (Å²) in [5, 5.41) is 0. The molecule has 1 saturated carbocycles. The van der Waals surface area contributed by atoms with E-state index in [0.29, 0.717) is 11.9 Å². The van der Waals surface area contributed by atoms with Crippen LogP contribution in [0.5, 0.6) is 0 Å². The smallest absolute Gasteiger partial charge is 0.125 e. The average Bonchev–Trinajstić information content (AvgIpc) is 3.05. The highest BCUT2D eigenvalue weighted by molar-refractivity contribution is 6.16. The van der Waals surface area contributed by atoms with Gasteiger partial charge in [-0.1, -0.05) is 25.0 Å². The Morgan fingerprint density at radius 2 is 2.11 bits per heavy atom. The normalized spacial score (nSPS) is 18.3. The van der Waals surface area contributed by atoms with Gasteiger partial charge in [0, 0.05) is 6.04 Å². The molecule has 0 aliphatic heterocycles. The van der Waals surface area contributed by atoms with Crippen molar-refractivity contribution in [2.24, 2.45) is 5.92 Å². The molecule has 102 valence electrons. The van der Waals surface area contributed by atoms with E-state index in [4.69, 9.17) is 16.6 Å². The number of hydrogen-bond donors (Lipinski definition) is 0. The summed E-state index contributed by atoms with van der Waals surface area (Å²) in [4.78, 5) is 4.72. The van der Waals surface area contributed by atoms with E-state index in [-0.39, 0.29) is 0 Å². The topological polar surface area (TPSA) is 17.8 Å². The number of nitrogens with zero attached hydrogens (tertiary/aromatic N) is 2. The molecule has 0 amide bonds. The molecule has 1 aromatic carbocycles. The van der Waals surface area contributed by atoms with Crippen LogP contribution >= 0.6 is 11.6 Å². The fourth-order valence-corrected chi connectivity index (χ4v) is 3.74. The highest BCUT2D eigenvalue weighted by atomic mass is 35.5. The zero-order valence-electron chi connectivity index (χ0n) is 11.7. The minimum Gasteiger partial charge on any atom is -0.324 e. The van der Waals surface area contributed by atoms with E-state index >= 15 is 0 Å². The van der Waals surface area contributed by atoms with Crippen molar-refractivity contribution in [2.75, 3.05) is 0 Å². The molecule has 1 aromatic heterocycles. The third-order valence-corrected chi connectivity index (χ3v) is 4.83. The van der Waals surface area contributed by atoms with Crippen LogP contribution in [-0.4, -0.2) is 9.55 Å². The molecule has 19 heavy (non-hydrogen) atoms. The average molecular weight is 277 g/mol. The van der Waals surface area contributed by atoms with Crippen molar-refractivity contribution in [3.8, 4) is 0 Å². The zero-order chi connectivity index (χ0) is 13.4. The first kappa shape index (κ1) is 13.0. The van der Waals surface area contributed by atoms with Gasteiger partial charge in [-0.3, -0.25) is 0 Å². The second-order valence-corrected chi connectivity index (χ2v) is 6.03. The standard InChI is InChI=1S/C16H21ClN2/c1-11-6-5-9-14-16(11)19(15(10-17)18-14)12(2)13-7-3-4-8-13/h5-6,9,12-13H,3-4,7-8,10H2,1-2H3. The van der Waals surface area contributed by atoms with E-state index in [9.17, 15) is 0 Å². The summed E-state index contributed by atoms with van der Waals surface area (Å²) in [6.45, 7) is 4.50. The maximum Gasteiger partial charge on any atom is 0.125 e. The van der Waals surface area contributed by atoms with E-state index < -0.39 is 0 Å². The van der Waals surface area contributed by atoms with Crippen molar-refractivity contribution < 1.29 is 0 Å². The van der Waals surface area contributed by atoms with Crippen LogP contribution in [0.4, 0.5) is 0 Å². The first-order chi connectivity index (χ1) is 9.22. The number of aromatic nitrogens is 2. The van der Waals surface area contributed by atoms with Gasteiger partial charge in [0.25, 0.3) is 0 Å². The van der Waals surface area contributed by atoms with Crippen LogP contribution in [0.2, 0.25) is 0 Å². The minimum absolute atomic E-state index is 0.491. The number of alkyl halides is 1. The third-order valence-electron chi connectivity index (χ3n) is 4.59. The third kappa shape index (κ3) is 2.16. The van der Waals surface area contributed by atoms with Crippen molar-refractivity contribution in [3.05, 3.63) is 29.6 Å². The molecule has 2 aromatic rings. The lowest BCUT2D eigenvalue weighted by atomic mass is 9.99. The fourth-order valence-electron chi connectivity index (χ4n) is 3.55. The van der Waals surface area contributed by atoms with E-state index in [1.54, 1.807) is 0 Å². The lowest BCUT2D eigenvalue weighted by Gasteiger charge is -2.23. The summed E-state index contributed by atoms with van der Waals surface area (Å²) in [6, 6.07) is 6.84. The van der Waals surface area contributed by atoms with Gasteiger partial charge in [0.15, 0.2) is 0 Å². The van der Waals surface area contributed by atoms with E-state index in [1.807, 2.05) is 0 Å². The fraction of sp³-hybridized carbons (Fsp3) is 0.562. The SMILES string of the molecule is Cc1cccc2nc(CCl)n(C(C)C3CCCC3)c12. The summed E-state index contributed by atoms with van der Waals surface area (Å²) in [6.07, 6.45) is 5.43. The van der Waals surface area contributed by atoms with E-state index in [0.717, 1.165) is 17.3 Å². The number of fused-ring (bicyclic) bond motifs is 1. The summed E-state index contributed by atoms with van der Waals surface area (Å²) in [7, 11) is 0. The largest absolute Gasteiger partial charge is 0.324 e. The summed E-state index contributed by atoms with van der Waals surface area (Å²) in [5.74, 6) is 2.29. The molecule has 0 radical (unpaired) electrons. The molecule has 0 spiro atoms. The molecular weight excluding hydrogens is 256 g/mol. The lowest BCUT2D eigenvalue weighted by Crippen LogP contribution is -2.16. The van der Waals surface area contributed by atoms with Gasteiger partial charge in [0.05, 0.1) is 16.9 Å². The highest BCUT2D eigenvalue weighted by Crippen LogP contribution is 2.37. The Balaban J connectivity index is 2.14. The summed E-state index contributed by atoms with van der Waals surface area (Å²) >= 11 is 6.12. The molecule has 0 bridgehead atoms. The molecule has 0 saturated heterocycles. The Bertz CT molecular complexity index is 582. The number of para-hydroxylation sites is 1. The molecule has 3 heteroatoms. The molecule has 1 aliphatic rings.